The Hall–Kier alpha value is -3.94. The highest BCUT2D eigenvalue weighted by atomic mass is 19.1. The number of aromatic nitrogens is 1. The van der Waals surface area contributed by atoms with Crippen LogP contribution in [0, 0.1) is 25.6 Å². The Morgan fingerprint density at radius 3 is 2.56 bits per heavy atom. The molecule has 7 nitrogen and oxygen atoms in total. The normalized spacial score (nSPS) is 20.7. The van der Waals surface area contributed by atoms with Crippen molar-refractivity contribution in [2.45, 2.75) is 45.1 Å². The van der Waals surface area contributed by atoms with Crippen molar-refractivity contribution in [3.63, 3.8) is 0 Å². The van der Waals surface area contributed by atoms with E-state index in [9.17, 15) is 4.79 Å². The molecule has 1 saturated carbocycles. The quantitative estimate of drug-likeness (QED) is 0.220. The number of anilines is 1. The largest absolute Gasteiger partial charge is 0.481 e. The molecule has 0 bridgehead atoms. The van der Waals surface area contributed by atoms with E-state index in [1.165, 1.54) is 0 Å². The summed E-state index contributed by atoms with van der Waals surface area (Å²) in [6, 6.07) is 11.0. The van der Waals surface area contributed by atoms with Crippen molar-refractivity contribution in [1.82, 2.24) is 10.4 Å². The number of aliphatic carboxylic acids is 1. The Labute approximate surface area is 209 Å². The molecule has 0 amide bonds. The van der Waals surface area contributed by atoms with Crippen LogP contribution in [0.15, 0.2) is 47.7 Å². The van der Waals surface area contributed by atoms with Crippen molar-refractivity contribution in [3.8, 4) is 11.1 Å². The number of pyridine rings is 1. The van der Waals surface area contributed by atoms with Crippen LogP contribution in [-0.4, -0.2) is 28.9 Å². The molecule has 0 saturated heterocycles. The van der Waals surface area contributed by atoms with Crippen LogP contribution in [0.25, 0.3) is 11.1 Å². The van der Waals surface area contributed by atoms with Crippen LogP contribution < -0.4 is 16.5 Å². The van der Waals surface area contributed by atoms with Crippen LogP contribution in [0.3, 0.4) is 0 Å². The van der Waals surface area contributed by atoms with Gasteiger partial charge in [0.2, 0.25) is 0 Å². The number of amidine groups is 1. The number of rotatable bonds is 7. The number of carbonyl (C=O) groups is 1. The lowest BCUT2D eigenvalue weighted by atomic mass is 9.89. The van der Waals surface area contributed by atoms with E-state index in [2.05, 4.69) is 20.8 Å². The first-order valence-electron chi connectivity index (χ1n) is 12.2. The summed E-state index contributed by atoms with van der Waals surface area (Å²) in [6.45, 7) is 4.08. The fourth-order valence-electron chi connectivity index (χ4n) is 5.54. The summed E-state index contributed by atoms with van der Waals surface area (Å²) < 4.78 is 15.1. The summed E-state index contributed by atoms with van der Waals surface area (Å²) >= 11 is 0. The molecule has 2 aromatic carbocycles. The first-order chi connectivity index (χ1) is 17.3. The molecule has 8 heteroatoms. The smallest absolute Gasteiger partial charge is 0.307 e. The molecular weight excluding hydrogens is 457 g/mol. The Balaban J connectivity index is 1.42. The van der Waals surface area contributed by atoms with Gasteiger partial charge in [-0.3, -0.25) is 4.79 Å². The van der Waals surface area contributed by atoms with E-state index in [0.717, 1.165) is 51.8 Å². The van der Waals surface area contributed by atoms with Gasteiger partial charge in [0.15, 0.2) is 5.84 Å². The maximum Gasteiger partial charge on any atom is 0.307 e. The summed E-state index contributed by atoms with van der Waals surface area (Å²) in [4.78, 5) is 15.6. The first-order valence-corrected chi connectivity index (χ1v) is 12.2. The Kier molecular flexibility index (Phi) is 6.12. The number of nitrogens with zero attached hydrogens (tertiary/aromatic N) is 2. The highest BCUT2D eigenvalue weighted by Gasteiger charge is 2.44. The summed E-state index contributed by atoms with van der Waals surface area (Å²) in [5, 5.41) is 16.6. The summed E-state index contributed by atoms with van der Waals surface area (Å²) in [5.74, 6) is -0.181. The standard InChI is InChI=1S/C28H30FN5O2/c1-14-10-17(27(30)34-31-3)11-15(2)25(14)18-5-7-22(29)26-19(18)6-8-23(26)33-24-9-4-16(13-32-24)20-12-21(20)28(35)36/h4-5,7,9-11,13,20-21,23,31H,6,8,12H2,1-3H3,(H2,30,34)(H,32,33)(H,35,36)/t20-,21?,23+/m0/s1. The zero-order chi connectivity index (χ0) is 25.6. The van der Waals surface area contributed by atoms with Crippen LogP contribution >= 0.6 is 0 Å². The lowest BCUT2D eigenvalue weighted by Crippen LogP contribution is -2.17. The number of carboxylic acids is 1. The molecule has 1 unspecified atom stereocenters. The lowest BCUT2D eigenvalue weighted by Gasteiger charge is -2.19. The molecule has 1 aromatic heterocycles. The number of benzene rings is 2. The zero-order valence-corrected chi connectivity index (χ0v) is 20.6. The molecule has 2 aliphatic rings. The minimum absolute atomic E-state index is 0.0361. The molecule has 1 heterocycles. The van der Waals surface area contributed by atoms with Gasteiger partial charge in [0, 0.05) is 24.4 Å². The van der Waals surface area contributed by atoms with Gasteiger partial charge in [-0.1, -0.05) is 12.1 Å². The van der Waals surface area contributed by atoms with Gasteiger partial charge in [0.05, 0.1) is 12.0 Å². The molecule has 5 N–H and O–H groups in total. The molecular formula is C28H30FN5O2. The van der Waals surface area contributed by atoms with Gasteiger partial charge in [0.25, 0.3) is 0 Å². The third-order valence-electron chi connectivity index (χ3n) is 7.31. The molecule has 5 rings (SSSR count). The second-order valence-corrected chi connectivity index (χ2v) is 9.69. The Morgan fingerprint density at radius 2 is 1.94 bits per heavy atom. The second kappa shape index (κ2) is 9.26. The van der Waals surface area contributed by atoms with Gasteiger partial charge in [-0.15, -0.1) is 0 Å². The number of nitrogens with two attached hydrogens (primary N) is 1. The number of fused-ring (bicyclic) bond motifs is 1. The SMILES string of the molecule is CN/N=C(\N)c1cc(C)c(-c2ccc(F)c3c2CC[C@H]3Nc2ccc([C@@H]3CC3C(=O)O)cn2)c(C)c1. The van der Waals surface area contributed by atoms with Crippen molar-refractivity contribution in [2.75, 3.05) is 12.4 Å². The van der Waals surface area contributed by atoms with E-state index in [4.69, 9.17) is 10.8 Å². The Morgan fingerprint density at radius 1 is 1.19 bits per heavy atom. The van der Waals surface area contributed by atoms with Crippen molar-refractivity contribution >= 4 is 17.6 Å². The monoisotopic (exact) mass is 487 g/mol. The molecule has 3 atom stereocenters. The van der Waals surface area contributed by atoms with E-state index in [1.54, 1.807) is 19.3 Å². The van der Waals surface area contributed by atoms with Crippen LogP contribution in [0.5, 0.6) is 0 Å². The molecule has 36 heavy (non-hydrogen) atoms. The fraction of sp³-hybridized carbons (Fsp3) is 0.321. The Bertz CT molecular complexity index is 1350. The van der Waals surface area contributed by atoms with E-state index in [1.807, 2.05) is 44.2 Å². The van der Waals surface area contributed by atoms with Gasteiger partial charge in [0.1, 0.15) is 11.6 Å². The number of hydrogen-bond donors (Lipinski definition) is 4. The van der Waals surface area contributed by atoms with Gasteiger partial charge in [-0.25, -0.2) is 9.37 Å². The van der Waals surface area contributed by atoms with Crippen LogP contribution in [0.4, 0.5) is 10.2 Å². The van der Waals surface area contributed by atoms with Crippen molar-refractivity contribution < 1.29 is 14.3 Å². The van der Waals surface area contributed by atoms with E-state index >= 15 is 4.39 Å². The molecule has 0 aliphatic heterocycles. The van der Waals surface area contributed by atoms with Crippen LogP contribution in [0.2, 0.25) is 0 Å². The lowest BCUT2D eigenvalue weighted by molar-refractivity contribution is -0.138. The summed E-state index contributed by atoms with van der Waals surface area (Å²) in [5.41, 5.74) is 16.5. The number of nitrogens with one attached hydrogen (secondary N) is 2. The van der Waals surface area contributed by atoms with Crippen LogP contribution in [-0.2, 0) is 11.2 Å². The molecule has 0 radical (unpaired) electrons. The number of hydrazone groups is 1. The van der Waals surface area contributed by atoms with Gasteiger partial charge in [-0.2, -0.15) is 5.10 Å². The number of hydrogen-bond acceptors (Lipinski definition) is 5. The topological polar surface area (TPSA) is 113 Å². The minimum atomic E-state index is -0.759. The molecule has 1 fully saturated rings. The van der Waals surface area contributed by atoms with E-state index in [-0.39, 0.29) is 23.7 Å². The van der Waals surface area contributed by atoms with Crippen molar-refractivity contribution in [1.29, 1.82) is 0 Å². The molecule has 0 spiro atoms. The highest BCUT2D eigenvalue weighted by molar-refractivity contribution is 5.98. The van der Waals surface area contributed by atoms with Gasteiger partial charge >= 0.3 is 5.97 Å². The molecule has 2 aliphatic carbocycles. The summed E-state index contributed by atoms with van der Waals surface area (Å²) in [6.07, 6.45) is 3.90. The summed E-state index contributed by atoms with van der Waals surface area (Å²) in [7, 11) is 1.71. The number of carboxylic acid groups (broad SMARTS) is 1. The molecule has 3 aromatic rings. The average molecular weight is 488 g/mol. The predicted molar refractivity (Wildman–Crippen MR) is 138 cm³/mol. The number of aryl methyl sites for hydroxylation is 2. The van der Waals surface area contributed by atoms with Crippen molar-refractivity contribution in [3.05, 3.63) is 81.8 Å². The predicted octanol–water partition coefficient (Wildman–Crippen LogP) is 4.63. The van der Waals surface area contributed by atoms with E-state index in [0.29, 0.717) is 23.6 Å². The van der Waals surface area contributed by atoms with E-state index < -0.39 is 5.97 Å². The number of halogens is 1. The maximum atomic E-state index is 15.1. The van der Waals surface area contributed by atoms with Crippen LogP contribution in [0.1, 0.15) is 58.2 Å². The maximum absolute atomic E-state index is 15.1. The second-order valence-electron chi connectivity index (χ2n) is 9.69. The highest BCUT2D eigenvalue weighted by Crippen LogP contribution is 2.47. The third-order valence-corrected chi connectivity index (χ3v) is 7.31. The first kappa shape index (κ1) is 23.8. The fourth-order valence-corrected chi connectivity index (χ4v) is 5.54. The minimum Gasteiger partial charge on any atom is -0.481 e. The average Bonchev–Trinajstić information content (AvgIpc) is 3.54. The van der Waals surface area contributed by atoms with Gasteiger partial charge < -0.3 is 21.6 Å². The van der Waals surface area contributed by atoms with Gasteiger partial charge in [-0.05, 0) is 96.7 Å². The zero-order valence-electron chi connectivity index (χ0n) is 20.6. The molecule has 186 valence electrons. The third kappa shape index (κ3) is 4.27. The van der Waals surface area contributed by atoms with Crippen molar-refractivity contribution in [2.24, 2.45) is 16.8 Å².